The number of nitrogens with zero attached hydrogens (tertiary/aromatic N) is 2. The summed E-state index contributed by atoms with van der Waals surface area (Å²) in [5.74, 6) is 0.647. The van der Waals surface area contributed by atoms with E-state index in [1.165, 1.54) is 0 Å². The van der Waals surface area contributed by atoms with Crippen molar-refractivity contribution < 1.29 is 37.4 Å². The maximum absolute atomic E-state index is 12.2. The second kappa shape index (κ2) is 8.80. The Morgan fingerprint density at radius 1 is 1.45 bits per heavy atom. The number of aryl methyl sites for hydroxylation is 1. The van der Waals surface area contributed by atoms with Gasteiger partial charge in [0, 0.05) is 39.3 Å². The maximum atomic E-state index is 12.2. The topological polar surface area (TPSA) is 55.0 Å². The third-order valence-corrected chi connectivity index (χ3v) is 3.90. The Bertz CT molecular complexity index is 766. The number of hydrogen-bond acceptors (Lipinski definition) is 3. The Kier molecular flexibility index (Phi) is 7.74. The van der Waals surface area contributed by atoms with Gasteiger partial charge in [0.15, 0.2) is 6.61 Å². The monoisotopic (exact) mass is 482 g/mol. The van der Waals surface area contributed by atoms with E-state index in [0.717, 1.165) is 16.8 Å². The number of rotatable bonds is 4. The summed E-state index contributed by atoms with van der Waals surface area (Å²) in [6, 6.07) is 12.4. The van der Waals surface area contributed by atoms with Gasteiger partial charge in [-0.15, -0.1) is 28.7 Å². The second-order valence-corrected chi connectivity index (χ2v) is 5.62. The van der Waals surface area contributed by atoms with Crippen molar-refractivity contribution in [1.29, 1.82) is 5.26 Å². The molecule has 0 bridgehead atoms. The molecule has 0 fully saturated rings. The Balaban J connectivity index is 0.00000242. The van der Waals surface area contributed by atoms with Crippen molar-refractivity contribution in [1.82, 2.24) is 4.57 Å². The third-order valence-electron chi connectivity index (χ3n) is 3.13. The van der Waals surface area contributed by atoms with Crippen molar-refractivity contribution in [3.63, 3.8) is 0 Å². The van der Waals surface area contributed by atoms with E-state index in [4.69, 9.17) is 10.00 Å². The van der Waals surface area contributed by atoms with Crippen molar-refractivity contribution in [2.75, 3.05) is 6.61 Å². The van der Waals surface area contributed by atoms with Crippen LogP contribution in [0, 0.1) is 27.9 Å². The normalized spacial score (nSPS) is 9.73. The Hall–Kier alpha value is -0.706. The SMILES string of the molecule is CCn1c(-c2ccc(OCC#N)cc2C)[c-]cc(I)c1=O.[Y]. The first-order valence-electron chi connectivity index (χ1n) is 6.50. The summed E-state index contributed by atoms with van der Waals surface area (Å²) in [7, 11) is 0. The molecule has 22 heavy (non-hydrogen) atoms. The van der Waals surface area contributed by atoms with Crippen LogP contribution in [0.3, 0.4) is 0 Å². The summed E-state index contributed by atoms with van der Waals surface area (Å²) >= 11 is 2.02. The number of aromatic nitrogens is 1. The molecule has 1 radical (unpaired) electrons. The Morgan fingerprint density at radius 3 is 2.77 bits per heavy atom. The molecule has 0 saturated carbocycles. The standard InChI is InChI=1S/C16H14IN2O2.Y/c1-3-19-15(7-6-14(17)16(19)20)13-5-4-12(10-11(13)2)21-9-8-18;/h4-6,10H,3,9H2,1-2H3;/q-1;. The van der Waals surface area contributed by atoms with Crippen molar-refractivity contribution in [2.45, 2.75) is 20.4 Å². The molecule has 6 heteroatoms. The zero-order chi connectivity index (χ0) is 15.4. The van der Waals surface area contributed by atoms with Crippen molar-refractivity contribution in [3.05, 3.63) is 49.8 Å². The van der Waals surface area contributed by atoms with E-state index in [-0.39, 0.29) is 44.9 Å². The Morgan fingerprint density at radius 2 is 2.18 bits per heavy atom. The van der Waals surface area contributed by atoms with Gasteiger partial charge in [-0.1, -0.05) is 23.7 Å². The van der Waals surface area contributed by atoms with Crippen LogP contribution in [0.15, 0.2) is 29.1 Å². The summed E-state index contributed by atoms with van der Waals surface area (Å²) in [6.07, 6.45) is 0. The number of halogens is 1. The molecule has 2 rings (SSSR count). The maximum Gasteiger partial charge on any atom is 0.207 e. The van der Waals surface area contributed by atoms with Crippen LogP contribution in [0.25, 0.3) is 11.3 Å². The minimum Gasteiger partial charge on any atom is -0.479 e. The van der Waals surface area contributed by atoms with Crippen LogP contribution in [-0.2, 0) is 39.3 Å². The van der Waals surface area contributed by atoms with E-state index in [0.29, 0.717) is 15.9 Å². The molecule has 1 aromatic heterocycles. The van der Waals surface area contributed by atoms with Crippen LogP contribution in [0.5, 0.6) is 5.75 Å². The molecular formula is C16H14IN2O2Y-. The molecule has 0 aliphatic heterocycles. The molecule has 0 atom stereocenters. The van der Waals surface area contributed by atoms with Gasteiger partial charge in [-0.05, 0) is 22.6 Å². The summed E-state index contributed by atoms with van der Waals surface area (Å²) in [4.78, 5) is 12.2. The van der Waals surface area contributed by atoms with Crippen LogP contribution in [-0.4, -0.2) is 11.2 Å². The largest absolute Gasteiger partial charge is 0.479 e. The van der Waals surface area contributed by atoms with E-state index < -0.39 is 0 Å². The number of ether oxygens (including phenoxy) is 1. The fraction of sp³-hybridized carbons (Fsp3) is 0.250. The summed E-state index contributed by atoms with van der Waals surface area (Å²) in [5.41, 5.74) is 2.68. The molecule has 0 saturated heterocycles. The third kappa shape index (κ3) is 4.18. The van der Waals surface area contributed by atoms with E-state index in [1.54, 1.807) is 16.7 Å². The predicted octanol–water partition coefficient (Wildman–Crippen LogP) is 3.15. The van der Waals surface area contributed by atoms with E-state index >= 15 is 0 Å². The van der Waals surface area contributed by atoms with Crippen molar-refractivity contribution in [3.8, 4) is 23.1 Å². The summed E-state index contributed by atoms with van der Waals surface area (Å²) in [6.45, 7) is 4.50. The second-order valence-electron chi connectivity index (χ2n) is 4.46. The van der Waals surface area contributed by atoms with E-state index in [9.17, 15) is 4.79 Å². The fourth-order valence-electron chi connectivity index (χ4n) is 2.13. The van der Waals surface area contributed by atoms with Gasteiger partial charge in [0.25, 0.3) is 0 Å². The van der Waals surface area contributed by atoms with Gasteiger partial charge < -0.3 is 9.30 Å². The van der Waals surface area contributed by atoms with Gasteiger partial charge in [-0.3, -0.25) is 4.79 Å². The first-order chi connectivity index (χ1) is 10.1. The van der Waals surface area contributed by atoms with Crippen LogP contribution >= 0.6 is 22.6 Å². The molecule has 0 unspecified atom stereocenters. The molecule has 0 amide bonds. The van der Waals surface area contributed by atoms with Crippen molar-refractivity contribution >= 4 is 22.6 Å². The quantitative estimate of drug-likeness (QED) is 0.498. The van der Waals surface area contributed by atoms with Gasteiger partial charge in [0.05, 0.1) is 0 Å². The van der Waals surface area contributed by atoms with E-state index in [1.807, 2.05) is 54.6 Å². The summed E-state index contributed by atoms with van der Waals surface area (Å²) < 4.78 is 7.65. The van der Waals surface area contributed by atoms with Gasteiger partial charge in [0.1, 0.15) is 11.8 Å². The molecule has 111 valence electrons. The number of nitriles is 1. The van der Waals surface area contributed by atoms with Crippen LogP contribution in [0.4, 0.5) is 0 Å². The van der Waals surface area contributed by atoms with Gasteiger partial charge in [0.2, 0.25) is 5.56 Å². The molecule has 1 heterocycles. The molecular weight excluding hydrogens is 468 g/mol. The number of benzene rings is 1. The van der Waals surface area contributed by atoms with Crippen LogP contribution in [0.2, 0.25) is 0 Å². The van der Waals surface area contributed by atoms with Crippen LogP contribution < -0.4 is 10.3 Å². The summed E-state index contributed by atoms with van der Waals surface area (Å²) in [5, 5.41) is 8.54. The minimum absolute atomic E-state index is 0. The fourth-order valence-corrected chi connectivity index (χ4v) is 2.58. The molecule has 0 aliphatic carbocycles. The molecule has 1 aromatic carbocycles. The molecule has 0 N–H and O–H groups in total. The molecule has 0 aliphatic rings. The zero-order valence-electron chi connectivity index (χ0n) is 12.4. The predicted molar refractivity (Wildman–Crippen MR) is 89.2 cm³/mol. The zero-order valence-corrected chi connectivity index (χ0v) is 17.4. The molecule has 4 nitrogen and oxygen atoms in total. The smallest absolute Gasteiger partial charge is 0.207 e. The van der Waals surface area contributed by atoms with Crippen molar-refractivity contribution in [2.24, 2.45) is 0 Å². The van der Waals surface area contributed by atoms with Crippen LogP contribution in [0.1, 0.15) is 12.5 Å². The van der Waals surface area contributed by atoms with Gasteiger partial charge in [-0.2, -0.15) is 17.4 Å². The first-order valence-corrected chi connectivity index (χ1v) is 7.58. The number of hydrogen-bond donors (Lipinski definition) is 0. The van der Waals surface area contributed by atoms with E-state index in [2.05, 4.69) is 6.07 Å². The van der Waals surface area contributed by atoms with Gasteiger partial charge >= 0.3 is 0 Å². The minimum atomic E-state index is -0.00365. The first kappa shape index (κ1) is 19.3. The Labute approximate surface area is 168 Å². The average Bonchev–Trinajstić information content (AvgIpc) is 2.48. The molecule has 2 aromatic rings. The average molecular weight is 482 g/mol. The molecule has 0 spiro atoms. The van der Waals surface area contributed by atoms with Gasteiger partial charge in [-0.25, -0.2) is 0 Å². The number of pyridine rings is 1.